The van der Waals surface area contributed by atoms with E-state index in [1.807, 2.05) is 43.8 Å². The molecule has 0 atom stereocenters. The Hall–Kier alpha value is -1.79. The summed E-state index contributed by atoms with van der Waals surface area (Å²) in [6.07, 6.45) is 1.25. The van der Waals surface area contributed by atoms with Crippen molar-refractivity contribution in [3.05, 3.63) is 51.9 Å². The van der Waals surface area contributed by atoms with Gasteiger partial charge in [-0.15, -0.1) is 11.3 Å². The van der Waals surface area contributed by atoms with Crippen molar-refractivity contribution in [1.29, 1.82) is 0 Å². The largest absolute Gasteiger partial charge is 0.465 e. The van der Waals surface area contributed by atoms with Crippen molar-refractivity contribution in [2.45, 2.75) is 32.4 Å². The van der Waals surface area contributed by atoms with E-state index in [0.717, 1.165) is 28.4 Å². The minimum Gasteiger partial charge on any atom is -0.465 e. The first-order chi connectivity index (χ1) is 12.0. The third-order valence-corrected chi connectivity index (χ3v) is 6.07. The second-order valence-corrected chi connectivity index (χ2v) is 8.00. The first-order valence-electron chi connectivity index (χ1n) is 8.12. The van der Waals surface area contributed by atoms with Crippen LogP contribution in [0.5, 0.6) is 0 Å². The number of thiophene rings is 1. The second-order valence-electron chi connectivity index (χ2n) is 5.67. The molecule has 6 heteroatoms. The monoisotopic (exact) mass is 377 g/mol. The number of thioether (sulfide) groups is 1. The van der Waals surface area contributed by atoms with Gasteiger partial charge in [0.2, 0.25) is 5.91 Å². The summed E-state index contributed by atoms with van der Waals surface area (Å²) in [7, 11) is 1.35. The van der Waals surface area contributed by atoms with Gasteiger partial charge in [0.1, 0.15) is 5.00 Å². The Bertz CT molecular complexity index is 726. The van der Waals surface area contributed by atoms with Gasteiger partial charge in [0.05, 0.1) is 12.7 Å². The van der Waals surface area contributed by atoms with E-state index < -0.39 is 5.97 Å². The molecule has 25 heavy (non-hydrogen) atoms. The summed E-state index contributed by atoms with van der Waals surface area (Å²) in [4.78, 5) is 25.1. The van der Waals surface area contributed by atoms with Gasteiger partial charge >= 0.3 is 5.97 Å². The topological polar surface area (TPSA) is 55.4 Å². The highest BCUT2D eigenvalue weighted by molar-refractivity contribution is 7.98. The number of hydrogen-bond donors (Lipinski definition) is 1. The molecule has 0 saturated heterocycles. The summed E-state index contributed by atoms with van der Waals surface area (Å²) in [6, 6.07) is 10.3. The number of amides is 1. The number of nitrogens with one attached hydrogen (secondary N) is 1. The zero-order valence-electron chi connectivity index (χ0n) is 14.8. The van der Waals surface area contributed by atoms with E-state index in [4.69, 9.17) is 4.74 Å². The molecule has 0 fully saturated rings. The fourth-order valence-electron chi connectivity index (χ4n) is 2.35. The SMILES string of the molecule is COC(=O)c1c(NC(=O)CCCSCc2ccccc2)sc(C)c1C. The second kappa shape index (κ2) is 9.63. The summed E-state index contributed by atoms with van der Waals surface area (Å²) in [5.41, 5.74) is 2.63. The van der Waals surface area contributed by atoms with Crippen LogP contribution < -0.4 is 5.32 Å². The summed E-state index contributed by atoms with van der Waals surface area (Å²) < 4.78 is 4.82. The molecule has 1 amide bonds. The third-order valence-electron chi connectivity index (χ3n) is 3.83. The van der Waals surface area contributed by atoms with E-state index in [-0.39, 0.29) is 5.91 Å². The number of ether oxygens (including phenoxy) is 1. The lowest BCUT2D eigenvalue weighted by Gasteiger charge is -2.06. The van der Waals surface area contributed by atoms with Gasteiger partial charge in [0.25, 0.3) is 0 Å². The van der Waals surface area contributed by atoms with Crippen LogP contribution in [0.3, 0.4) is 0 Å². The summed E-state index contributed by atoms with van der Waals surface area (Å²) in [5.74, 6) is 1.41. The number of benzene rings is 1. The average Bonchev–Trinajstić information content (AvgIpc) is 2.88. The first kappa shape index (κ1) is 19.5. The Morgan fingerprint density at radius 2 is 1.92 bits per heavy atom. The summed E-state index contributed by atoms with van der Waals surface area (Å²) in [5, 5.41) is 3.45. The quantitative estimate of drug-likeness (QED) is 0.530. The molecule has 1 aromatic heterocycles. The molecule has 0 aliphatic carbocycles. The van der Waals surface area contributed by atoms with E-state index in [1.165, 1.54) is 24.0 Å². The van der Waals surface area contributed by atoms with Crippen LogP contribution in [0.2, 0.25) is 0 Å². The minimum absolute atomic E-state index is 0.0632. The number of esters is 1. The number of anilines is 1. The van der Waals surface area contributed by atoms with Crippen molar-refractivity contribution in [3.63, 3.8) is 0 Å². The minimum atomic E-state index is -0.407. The molecule has 4 nitrogen and oxygen atoms in total. The van der Waals surface area contributed by atoms with Crippen LogP contribution in [0.4, 0.5) is 5.00 Å². The Labute approximate surface area is 157 Å². The van der Waals surface area contributed by atoms with Gasteiger partial charge in [-0.1, -0.05) is 30.3 Å². The molecule has 1 N–H and O–H groups in total. The number of hydrogen-bond acceptors (Lipinski definition) is 5. The lowest BCUT2D eigenvalue weighted by atomic mass is 10.1. The molecule has 0 radical (unpaired) electrons. The smallest absolute Gasteiger partial charge is 0.341 e. The zero-order chi connectivity index (χ0) is 18.2. The molecule has 0 bridgehead atoms. The summed E-state index contributed by atoms with van der Waals surface area (Å²) >= 11 is 3.24. The molecule has 0 saturated carbocycles. The van der Waals surface area contributed by atoms with Gasteiger partial charge in [-0.25, -0.2) is 4.79 Å². The number of aryl methyl sites for hydroxylation is 1. The van der Waals surface area contributed by atoms with Gasteiger partial charge in [-0.3, -0.25) is 4.79 Å². The van der Waals surface area contributed by atoms with Gasteiger partial charge in [-0.2, -0.15) is 11.8 Å². The maximum Gasteiger partial charge on any atom is 0.341 e. The van der Waals surface area contributed by atoms with Crippen LogP contribution >= 0.6 is 23.1 Å². The van der Waals surface area contributed by atoms with Crippen LogP contribution in [-0.2, 0) is 15.3 Å². The van der Waals surface area contributed by atoms with Crippen molar-refractivity contribution in [1.82, 2.24) is 0 Å². The molecule has 0 aliphatic rings. The number of carbonyl (C=O) groups is 2. The average molecular weight is 378 g/mol. The van der Waals surface area contributed by atoms with E-state index in [1.54, 1.807) is 0 Å². The Morgan fingerprint density at radius 1 is 1.20 bits per heavy atom. The highest BCUT2D eigenvalue weighted by Crippen LogP contribution is 2.33. The van der Waals surface area contributed by atoms with Crippen LogP contribution in [0, 0.1) is 13.8 Å². The first-order valence-corrected chi connectivity index (χ1v) is 10.1. The highest BCUT2D eigenvalue weighted by Gasteiger charge is 2.21. The Kier molecular flexibility index (Phi) is 7.52. The molecule has 1 heterocycles. The lowest BCUT2D eigenvalue weighted by molar-refractivity contribution is -0.116. The number of rotatable bonds is 8. The van der Waals surface area contributed by atoms with Crippen molar-refractivity contribution < 1.29 is 14.3 Å². The van der Waals surface area contributed by atoms with E-state index >= 15 is 0 Å². The van der Waals surface area contributed by atoms with Gasteiger partial charge in [0.15, 0.2) is 0 Å². The van der Waals surface area contributed by atoms with Gasteiger partial charge in [-0.05, 0) is 37.1 Å². The van der Waals surface area contributed by atoms with Crippen LogP contribution in [0.1, 0.15) is 39.2 Å². The maximum atomic E-state index is 12.2. The van der Waals surface area contributed by atoms with Crippen molar-refractivity contribution in [2.75, 3.05) is 18.2 Å². The van der Waals surface area contributed by atoms with Crippen molar-refractivity contribution in [2.24, 2.45) is 0 Å². The fourth-order valence-corrected chi connectivity index (χ4v) is 4.34. The fraction of sp³-hybridized carbons (Fsp3) is 0.368. The van der Waals surface area contributed by atoms with E-state index in [9.17, 15) is 9.59 Å². The maximum absolute atomic E-state index is 12.2. The van der Waals surface area contributed by atoms with Crippen molar-refractivity contribution >= 4 is 40.0 Å². The predicted octanol–water partition coefficient (Wildman–Crippen LogP) is 4.80. The molecule has 0 spiro atoms. The normalized spacial score (nSPS) is 10.5. The van der Waals surface area contributed by atoms with Crippen LogP contribution in [0.25, 0.3) is 0 Å². The third kappa shape index (κ3) is 5.61. The number of methoxy groups -OCH3 is 1. The van der Waals surface area contributed by atoms with Crippen LogP contribution in [-0.4, -0.2) is 24.7 Å². The predicted molar refractivity (Wildman–Crippen MR) is 106 cm³/mol. The van der Waals surface area contributed by atoms with Crippen LogP contribution in [0.15, 0.2) is 30.3 Å². The molecule has 2 rings (SSSR count). The van der Waals surface area contributed by atoms with Gasteiger partial charge < -0.3 is 10.1 Å². The molecule has 0 unspecified atom stereocenters. The molecular formula is C19H23NO3S2. The lowest BCUT2D eigenvalue weighted by Crippen LogP contribution is -2.14. The standard InChI is InChI=1S/C19H23NO3S2/c1-13-14(2)25-18(17(13)19(22)23-3)20-16(21)10-7-11-24-12-15-8-5-4-6-9-15/h4-6,8-9H,7,10-12H2,1-3H3,(H,20,21). The molecule has 1 aromatic carbocycles. The highest BCUT2D eigenvalue weighted by atomic mass is 32.2. The molecular weight excluding hydrogens is 354 g/mol. The van der Waals surface area contributed by atoms with Gasteiger partial charge in [0, 0.05) is 17.1 Å². The zero-order valence-corrected chi connectivity index (χ0v) is 16.4. The number of carbonyl (C=O) groups excluding carboxylic acids is 2. The summed E-state index contributed by atoms with van der Waals surface area (Å²) in [6.45, 7) is 3.80. The Balaban J connectivity index is 1.79. The molecule has 134 valence electrons. The van der Waals surface area contributed by atoms with Crippen molar-refractivity contribution in [3.8, 4) is 0 Å². The Morgan fingerprint density at radius 3 is 2.60 bits per heavy atom. The molecule has 2 aromatic rings. The van der Waals surface area contributed by atoms with E-state index in [2.05, 4.69) is 17.4 Å². The molecule has 0 aliphatic heterocycles. The van der Waals surface area contributed by atoms with E-state index in [0.29, 0.717) is 17.0 Å².